The number of carbonyl (C=O) groups is 1. The van der Waals surface area contributed by atoms with Crippen LogP contribution in [0.5, 0.6) is 0 Å². The lowest BCUT2D eigenvalue weighted by Gasteiger charge is -2.26. The SMILES string of the molecule is CN(C)CCCn1c([C@](N)(Cc2cc(Br)c(N)c(Br)c2)C(=O)O)nc2ccc(F)cc21. The number of carboxylic acids is 1. The second-order valence-electron chi connectivity index (χ2n) is 7.80. The summed E-state index contributed by atoms with van der Waals surface area (Å²) in [6, 6.07) is 7.68. The number of nitrogen functional groups attached to an aromatic ring is 1. The summed E-state index contributed by atoms with van der Waals surface area (Å²) in [6.07, 6.45) is 0.690. The Morgan fingerprint density at radius 2 is 1.90 bits per heavy atom. The zero-order valence-electron chi connectivity index (χ0n) is 17.2. The van der Waals surface area contributed by atoms with Crippen molar-refractivity contribution in [2.45, 2.75) is 24.9 Å². The Balaban J connectivity index is 2.13. The van der Waals surface area contributed by atoms with Gasteiger partial charge in [0.2, 0.25) is 0 Å². The van der Waals surface area contributed by atoms with Gasteiger partial charge in [-0.3, -0.25) is 0 Å². The van der Waals surface area contributed by atoms with Crippen LogP contribution in [0, 0.1) is 5.82 Å². The van der Waals surface area contributed by atoms with Crippen LogP contribution < -0.4 is 11.5 Å². The largest absolute Gasteiger partial charge is 0.480 e. The first-order valence-corrected chi connectivity index (χ1v) is 11.2. The summed E-state index contributed by atoms with van der Waals surface area (Å²) in [4.78, 5) is 19.0. The maximum absolute atomic E-state index is 14.0. The standard InChI is InChI=1S/C21H24Br2FN5O2/c1-28(2)6-3-7-29-17-10-13(24)4-5-16(17)27-19(29)21(26,20(30)31)11-12-8-14(22)18(25)15(23)9-12/h4-5,8-10H,3,6-7,11,25-26H2,1-2H3,(H,30,31)/t21-/m1/s1. The summed E-state index contributed by atoms with van der Waals surface area (Å²) in [5, 5.41) is 10.1. The molecule has 31 heavy (non-hydrogen) atoms. The predicted octanol–water partition coefficient (Wildman–Crippen LogP) is 3.72. The van der Waals surface area contributed by atoms with E-state index in [0.29, 0.717) is 37.8 Å². The quantitative estimate of drug-likeness (QED) is 0.365. The van der Waals surface area contributed by atoms with Crippen molar-refractivity contribution in [2.24, 2.45) is 5.73 Å². The molecule has 1 heterocycles. The lowest BCUT2D eigenvalue weighted by molar-refractivity contribution is -0.144. The number of rotatable bonds is 8. The molecule has 2 aromatic carbocycles. The molecule has 0 fully saturated rings. The normalized spacial score (nSPS) is 13.6. The molecule has 0 aliphatic rings. The van der Waals surface area contributed by atoms with E-state index in [1.807, 2.05) is 19.0 Å². The molecule has 10 heteroatoms. The number of aromatic nitrogens is 2. The maximum atomic E-state index is 14.0. The van der Waals surface area contributed by atoms with Gasteiger partial charge in [0.15, 0.2) is 5.54 Å². The molecule has 0 bridgehead atoms. The third-order valence-corrected chi connectivity index (χ3v) is 6.41. The summed E-state index contributed by atoms with van der Waals surface area (Å²) in [5.41, 5.74) is 12.8. The lowest BCUT2D eigenvalue weighted by atomic mass is 9.90. The summed E-state index contributed by atoms with van der Waals surface area (Å²) in [7, 11) is 3.90. The number of aryl methyl sites for hydroxylation is 1. The minimum atomic E-state index is -1.83. The van der Waals surface area contributed by atoms with E-state index in [9.17, 15) is 14.3 Å². The molecule has 0 amide bonds. The second-order valence-corrected chi connectivity index (χ2v) is 9.51. The molecule has 0 aliphatic carbocycles. The van der Waals surface area contributed by atoms with Gasteiger partial charge < -0.3 is 26.0 Å². The summed E-state index contributed by atoms with van der Waals surface area (Å²) < 4.78 is 17.0. The molecule has 1 atom stereocenters. The van der Waals surface area contributed by atoms with Gasteiger partial charge in [-0.05, 0) is 94.8 Å². The van der Waals surface area contributed by atoms with Gasteiger partial charge in [0.25, 0.3) is 0 Å². The van der Waals surface area contributed by atoms with E-state index in [-0.39, 0.29) is 12.2 Å². The highest BCUT2D eigenvalue weighted by atomic mass is 79.9. The Bertz CT molecular complexity index is 1110. The summed E-state index contributed by atoms with van der Waals surface area (Å²) in [5.74, 6) is -1.46. The maximum Gasteiger partial charge on any atom is 0.331 e. The highest BCUT2D eigenvalue weighted by Crippen LogP contribution is 2.33. The van der Waals surface area contributed by atoms with Crippen LogP contribution in [0.25, 0.3) is 11.0 Å². The van der Waals surface area contributed by atoms with E-state index in [1.165, 1.54) is 18.2 Å². The number of aliphatic carboxylic acids is 1. The Labute approximate surface area is 196 Å². The number of halogens is 3. The molecule has 0 saturated heterocycles. The van der Waals surface area contributed by atoms with E-state index < -0.39 is 17.3 Å². The molecule has 0 saturated carbocycles. The first kappa shape index (κ1) is 23.6. The number of hydrogen-bond acceptors (Lipinski definition) is 5. The Hall–Kier alpha value is -2.01. The van der Waals surface area contributed by atoms with Crippen molar-refractivity contribution in [2.75, 3.05) is 26.4 Å². The number of benzene rings is 2. The van der Waals surface area contributed by atoms with Crippen molar-refractivity contribution in [1.29, 1.82) is 0 Å². The number of fused-ring (bicyclic) bond motifs is 1. The fourth-order valence-corrected chi connectivity index (χ4v) is 4.80. The number of anilines is 1. The molecule has 3 aromatic rings. The highest BCUT2D eigenvalue weighted by molar-refractivity contribution is 9.11. The minimum absolute atomic E-state index is 0.0285. The van der Waals surface area contributed by atoms with Crippen LogP contribution in [0.2, 0.25) is 0 Å². The van der Waals surface area contributed by atoms with Gasteiger partial charge >= 0.3 is 5.97 Å². The number of nitrogens with zero attached hydrogens (tertiary/aromatic N) is 3. The van der Waals surface area contributed by atoms with Crippen LogP contribution in [-0.4, -0.2) is 46.2 Å². The summed E-state index contributed by atoms with van der Waals surface area (Å²) >= 11 is 6.77. The van der Waals surface area contributed by atoms with Crippen LogP contribution in [0.3, 0.4) is 0 Å². The molecule has 0 unspecified atom stereocenters. The Morgan fingerprint density at radius 3 is 2.48 bits per heavy atom. The summed E-state index contributed by atoms with van der Waals surface area (Å²) in [6.45, 7) is 1.23. The first-order valence-electron chi connectivity index (χ1n) is 9.59. The smallest absolute Gasteiger partial charge is 0.331 e. The number of imidazole rings is 1. The van der Waals surface area contributed by atoms with Gasteiger partial charge in [-0.25, -0.2) is 14.2 Å². The van der Waals surface area contributed by atoms with E-state index in [4.69, 9.17) is 11.5 Å². The molecule has 0 radical (unpaired) electrons. The van der Waals surface area contributed by atoms with Crippen LogP contribution in [0.15, 0.2) is 39.3 Å². The molecule has 1 aromatic heterocycles. The first-order chi connectivity index (χ1) is 14.5. The van der Waals surface area contributed by atoms with Crippen molar-refractivity contribution in [3.05, 3.63) is 56.5 Å². The van der Waals surface area contributed by atoms with Crippen molar-refractivity contribution in [3.8, 4) is 0 Å². The Morgan fingerprint density at radius 1 is 1.26 bits per heavy atom. The van der Waals surface area contributed by atoms with Crippen LogP contribution in [0.1, 0.15) is 17.8 Å². The molecular formula is C21H24Br2FN5O2. The number of carboxylic acid groups (broad SMARTS) is 1. The van der Waals surface area contributed by atoms with Crippen molar-refractivity contribution in [3.63, 3.8) is 0 Å². The van der Waals surface area contributed by atoms with Gasteiger partial charge in [0, 0.05) is 21.9 Å². The zero-order chi connectivity index (χ0) is 22.9. The third-order valence-electron chi connectivity index (χ3n) is 5.10. The van der Waals surface area contributed by atoms with Gasteiger partial charge in [-0.15, -0.1) is 0 Å². The molecule has 5 N–H and O–H groups in total. The van der Waals surface area contributed by atoms with Crippen LogP contribution >= 0.6 is 31.9 Å². The van der Waals surface area contributed by atoms with Crippen LogP contribution in [-0.2, 0) is 23.3 Å². The third kappa shape index (κ3) is 4.92. The van der Waals surface area contributed by atoms with Crippen LogP contribution in [0.4, 0.5) is 10.1 Å². The van der Waals surface area contributed by atoms with Crippen molar-refractivity contribution in [1.82, 2.24) is 14.5 Å². The highest BCUT2D eigenvalue weighted by Gasteiger charge is 2.41. The molecule has 0 aliphatic heterocycles. The van der Waals surface area contributed by atoms with Gasteiger partial charge in [-0.2, -0.15) is 0 Å². The Kier molecular flexibility index (Phi) is 7.04. The van der Waals surface area contributed by atoms with Crippen molar-refractivity contribution < 1.29 is 14.3 Å². The van der Waals surface area contributed by atoms with Gasteiger partial charge in [0.1, 0.15) is 11.6 Å². The van der Waals surface area contributed by atoms with Gasteiger partial charge in [0.05, 0.1) is 16.7 Å². The zero-order valence-corrected chi connectivity index (χ0v) is 20.4. The predicted molar refractivity (Wildman–Crippen MR) is 126 cm³/mol. The fourth-order valence-electron chi connectivity index (χ4n) is 3.52. The number of nitrogens with two attached hydrogens (primary N) is 2. The lowest BCUT2D eigenvalue weighted by Crippen LogP contribution is -2.49. The van der Waals surface area contributed by atoms with Gasteiger partial charge in [-0.1, -0.05) is 0 Å². The van der Waals surface area contributed by atoms with E-state index in [0.717, 1.165) is 13.0 Å². The second kappa shape index (κ2) is 9.23. The van der Waals surface area contributed by atoms with E-state index in [2.05, 4.69) is 36.8 Å². The van der Waals surface area contributed by atoms with Crippen molar-refractivity contribution >= 4 is 54.5 Å². The monoisotopic (exact) mass is 555 g/mol. The molecular weight excluding hydrogens is 533 g/mol. The number of hydrogen-bond donors (Lipinski definition) is 3. The molecule has 166 valence electrons. The topological polar surface area (TPSA) is 110 Å². The molecule has 0 spiro atoms. The average molecular weight is 557 g/mol. The van der Waals surface area contributed by atoms with E-state index >= 15 is 0 Å². The average Bonchev–Trinajstić information content (AvgIpc) is 3.04. The fraction of sp³-hybridized carbons (Fsp3) is 0.333. The molecule has 3 rings (SSSR count). The minimum Gasteiger partial charge on any atom is -0.480 e. The van der Waals surface area contributed by atoms with E-state index in [1.54, 1.807) is 16.7 Å². The molecule has 7 nitrogen and oxygen atoms in total.